The Kier molecular flexibility index (Phi) is 3.81. The maximum absolute atomic E-state index is 13.6. The van der Waals surface area contributed by atoms with Crippen LogP contribution in [0.1, 0.15) is 23.2 Å². The summed E-state index contributed by atoms with van der Waals surface area (Å²) in [6.07, 6.45) is 1.94. The van der Waals surface area contributed by atoms with Crippen molar-refractivity contribution < 1.29 is 18.7 Å². The van der Waals surface area contributed by atoms with Gasteiger partial charge in [-0.25, -0.2) is 9.18 Å². The predicted octanol–water partition coefficient (Wildman–Crippen LogP) is 2.20. The van der Waals surface area contributed by atoms with Gasteiger partial charge in [-0.1, -0.05) is 0 Å². The normalized spacial score (nSPS) is 22.2. The van der Waals surface area contributed by atoms with E-state index in [2.05, 4.69) is 10.1 Å². The largest absolute Gasteiger partial charge is 0.465 e. The second kappa shape index (κ2) is 5.35. The lowest BCUT2D eigenvalue weighted by Gasteiger charge is -2.35. The van der Waals surface area contributed by atoms with Crippen molar-refractivity contribution in [3.63, 3.8) is 0 Å². The number of carbonyl (C=O) groups excluding carboxylic acids is 1. The Labute approximate surface area is 105 Å². The summed E-state index contributed by atoms with van der Waals surface area (Å²) in [5, 5.41) is 3.07. The zero-order chi connectivity index (χ0) is 13.1. The Bertz CT molecular complexity index is 444. The Morgan fingerprint density at radius 3 is 2.72 bits per heavy atom. The van der Waals surface area contributed by atoms with Gasteiger partial charge in [-0.3, -0.25) is 0 Å². The number of methoxy groups -OCH3 is 2. The van der Waals surface area contributed by atoms with Gasteiger partial charge >= 0.3 is 5.97 Å². The molecule has 0 atom stereocenters. The van der Waals surface area contributed by atoms with Crippen LogP contribution in [-0.4, -0.2) is 32.3 Å². The zero-order valence-corrected chi connectivity index (χ0v) is 10.4. The summed E-state index contributed by atoms with van der Waals surface area (Å²) in [6.45, 7) is 0. The first-order valence-corrected chi connectivity index (χ1v) is 5.81. The van der Waals surface area contributed by atoms with E-state index in [4.69, 9.17) is 4.74 Å². The Morgan fingerprint density at radius 2 is 2.11 bits per heavy atom. The van der Waals surface area contributed by atoms with Gasteiger partial charge in [0.25, 0.3) is 0 Å². The van der Waals surface area contributed by atoms with E-state index in [-0.39, 0.29) is 18.0 Å². The number of halogens is 1. The van der Waals surface area contributed by atoms with Crippen molar-refractivity contribution in [2.45, 2.75) is 25.0 Å². The van der Waals surface area contributed by atoms with E-state index in [9.17, 15) is 9.18 Å². The van der Waals surface area contributed by atoms with E-state index in [1.807, 2.05) is 0 Å². The molecule has 1 N–H and O–H groups in total. The molecule has 1 fully saturated rings. The van der Waals surface area contributed by atoms with Gasteiger partial charge in [-0.05, 0) is 31.0 Å². The number of hydrogen-bond acceptors (Lipinski definition) is 4. The number of hydrogen-bond donors (Lipinski definition) is 1. The van der Waals surface area contributed by atoms with Crippen molar-refractivity contribution in [2.24, 2.45) is 0 Å². The highest BCUT2D eigenvalue weighted by Crippen LogP contribution is 2.27. The van der Waals surface area contributed by atoms with Crippen molar-refractivity contribution in [2.75, 3.05) is 19.5 Å². The number of rotatable bonds is 4. The van der Waals surface area contributed by atoms with Gasteiger partial charge < -0.3 is 14.8 Å². The van der Waals surface area contributed by atoms with Gasteiger partial charge in [0.2, 0.25) is 0 Å². The molecule has 0 aliphatic heterocycles. The molecular formula is C13H16FNO3. The fourth-order valence-corrected chi connectivity index (χ4v) is 1.98. The average molecular weight is 253 g/mol. The molecule has 18 heavy (non-hydrogen) atoms. The highest BCUT2D eigenvalue weighted by atomic mass is 19.1. The molecule has 0 unspecified atom stereocenters. The maximum Gasteiger partial charge on any atom is 0.337 e. The molecule has 0 spiro atoms. The average Bonchev–Trinajstić information content (AvgIpc) is 2.34. The monoisotopic (exact) mass is 253 g/mol. The fourth-order valence-electron chi connectivity index (χ4n) is 1.98. The Balaban J connectivity index is 2.05. The maximum atomic E-state index is 13.6. The minimum Gasteiger partial charge on any atom is -0.465 e. The van der Waals surface area contributed by atoms with E-state index < -0.39 is 5.97 Å². The van der Waals surface area contributed by atoms with Crippen molar-refractivity contribution in [3.05, 3.63) is 29.6 Å². The van der Waals surface area contributed by atoms with Crippen molar-refractivity contribution in [3.8, 4) is 0 Å². The molecule has 4 nitrogen and oxygen atoms in total. The number of carbonyl (C=O) groups is 1. The minimum absolute atomic E-state index is 0.192. The van der Waals surface area contributed by atoms with E-state index in [0.717, 1.165) is 12.8 Å². The van der Waals surface area contributed by atoms with Crippen molar-refractivity contribution in [1.29, 1.82) is 0 Å². The molecule has 2 rings (SSSR count). The first-order valence-electron chi connectivity index (χ1n) is 5.81. The van der Waals surface area contributed by atoms with Gasteiger partial charge in [-0.15, -0.1) is 0 Å². The van der Waals surface area contributed by atoms with Crippen LogP contribution in [0, 0.1) is 5.82 Å². The first kappa shape index (κ1) is 12.8. The Hall–Kier alpha value is -1.62. The number of benzene rings is 1. The van der Waals surface area contributed by atoms with Crippen LogP contribution in [0.25, 0.3) is 0 Å². The molecule has 0 saturated heterocycles. The standard InChI is InChI=1S/C13H16FNO3/c1-17-10-6-9(7-10)15-12-5-8(13(16)18-2)3-4-11(12)14/h3-5,9-10,15H,6-7H2,1-2H3. The molecular weight excluding hydrogens is 237 g/mol. The molecule has 1 aromatic rings. The van der Waals surface area contributed by atoms with Crippen molar-refractivity contribution >= 4 is 11.7 Å². The third-order valence-corrected chi connectivity index (χ3v) is 3.18. The topological polar surface area (TPSA) is 47.6 Å². The number of nitrogens with one attached hydrogen (secondary N) is 1. The summed E-state index contributed by atoms with van der Waals surface area (Å²) in [4.78, 5) is 11.4. The second-order valence-corrected chi connectivity index (χ2v) is 4.36. The Morgan fingerprint density at radius 1 is 1.39 bits per heavy atom. The lowest BCUT2D eigenvalue weighted by Crippen LogP contribution is -2.40. The van der Waals surface area contributed by atoms with Crippen LogP contribution in [0.3, 0.4) is 0 Å². The van der Waals surface area contributed by atoms with Crippen LogP contribution >= 0.6 is 0 Å². The summed E-state index contributed by atoms with van der Waals surface area (Å²) in [5.41, 5.74) is 0.668. The van der Waals surface area contributed by atoms with Gasteiger partial charge in [0, 0.05) is 13.2 Å². The van der Waals surface area contributed by atoms with E-state index in [1.165, 1.54) is 25.3 Å². The molecule has 0 aromatic heterocycles. The highest BCUT2D eigenvalue weighted by molar-refractivity contribution is 5.90. The highest BCUT2D eigenvalue weighted by Gasteiger charge is 2.29. The lowest BCUT2D eigenvalue weighted by atomic mass is 9.89. The third-order valence-electron chi connectivity index (χ3n) is 3.18. The van der Waals surface area contributed by atoms with E-state index in [1.54, 1.807) is 7.11 Å². The number of ether oxygens (including phenoxy) is 2. The van der Waals surface area contributed by atoms with Gasteiger partial charge in [-0.2, -0.15) is 0 Å². The van der Waals surface area contributed by atoms with Crippen LogP contribution in [0.15, 0.2) is 18.2 Å². The summed E-state index contributed by atoms with van der Waals surface area (Å²) in [7, 11) is 2.97. The van der Waals surface area contributed by atoms with Gasteiger partial charge in [0.05, 0.1) is 24.5 Å². The molecule has 5 heteroatoms. The lowest BCUT2D eigenvalue weighted by molar-refractivity contribution is 0.0328. The number of anilines is 1. The van der Waals surface area contributed by atoms with Crippen LogP contribution in [0.2, 0.25) is 0 Å². The second-order valence-electron chi connectivity index (χ2n) is 4.36. The molecule has 1 aromatic carbocycles. The first-order chi connectivity index (χ1) is 8.63. The minimum atomic E-state index is -0.471. The van der Waals surface area contributed by atoms with E-state index in [0.29, 0.717) is 11.3 Å². The molecule has 0 heterocycles. The summed E-state index contributed by atoms with van der Waals surface area (Å²) < 4.78 is 23.3. The zero-order valence-electron chi connectivity index (χ0n) is 10.4. The quantitative estimate of drug-likeness (QED) is 0.836. The molecule has 0 amide bonds. The smallest absolute Gasteiger partial charge is 0.337 e. The summed E-state index contributed by atoms with van der Waals surface area (Å²) >= 11 is 0. The molecule has 98 valence electrons. The molecule has 0 radical (unpaired) electrons. The molecule has 1 aliphatic rings. The molecule has 1 aliphatic carbocycles. The van der Waals surface area contributed by atoms with Crippen LogP contribution < -0.4 is 5.32 Å². The molecule has 1 saturated carbocycles. The van der Waals surface area contributed by atoms with Crippen molar-refractivity contribution in [1.82, 2.24) is 0 Å². The third kappa shape index (κ3) is 2.61. The number of esters is 1. The molecule has 0 bridgehead atoms. The van der Waals surface area contributed by atoms with Gasteiger partial charge in [0.15, 0.2) is 0 Å². The van der Waals surface area contributed by atoms with Crippen LogP contribution in [0.5, 0.6) is 0 Å². The fraction of sp³-hybridized carbons (Fsp3) is 0.462. The van der Waals surface area contributed by atoms with E-state index >= 15 is 0 Å². The summed E-state index contributed by atoms with van der Waals surface area (Å²) in [5.74, 6) is -0.843. The summed E-state index contributed by atoms with van der Waals surface area (Å²) in [6, 6.07) is 4.34. The van der Waals surface area contributed by atoms with Crippen LogP contribution in [0.4, 0.5) is 10.1 Å². The SMILES string of the molecule is COC(=O)c1ccc(F)c(NC2CC(OC)C2)c1. The van der Waals surface area contributed by atoms with Crippen LogP contribution in [-0.2, 0) is 9.47 Å². The van der Waals surface area contributed by atoms with Gasteiger partial charge in [0.1, 0.15) is 5.82 Å². The predicted molar refractivity (Wildman–Crippen MR) is 65.2 cm³/mol.